The van der Waals surface area contributed by atoms with Crippen molar-refractivity contribution in [1.82, 2.24) is 4.98 Å². The van der Waals surface area contributed by atoms with Gasteiger partial charge in [-0.05, 0) is 12.1 Å². The van der Waals surface area contributed by atoms with Crippen LogP contribution in [0.2, 0.25) is 0 Å². The lowest BCUT2D eigenvalue weighted by Crippen LogP contribution is -2.13. The lowest BCUT2D eigenvalue weighted by molar-refractivity contribution is -0.137. The van der Waals surface area contributed by atoms with E-state index >= 15 is 0 Å². The number of nitrogens with zero attached hydrogens (tertiary/aromatic N) is 1. The summed E-state index contributed by atoms with van der Waals surface area (Å²) in [5.41, 5.74) is 1.06. The van der Waals surface area contributed by atoms with Crippen LogP contribution in [0.15, 0.2) is 23.2 Å². The first-order valence-electron chi connectivity index (χ1n) is 5.09. The molecule has 0 unspecified atom stereocenters. The second-order valence-corrected chi connectivity index (χ2v) is 5.54. The predicted octanol–water partition coefficient (Wildman–Crippen LogP) is 2.64. The van der Waals surface area contributed by atoms with Gasteiger partial charge < -0.3 is 4.74 Å². The Kier molecular flexibility index (Phi) is 4.35. The quantitative estimate of drug-likeness (QED) is 0.600. The molecule has 0 amide bonds. The Morgan fingerprint density at radius 1 is 1.50 bits per heavy atom. The van der Waals surface area contributed by atoms with Crippen molar-refractivity contribution in [2.24, 2.45) is 0 Å². The molecule has 16 heavy (non-hydrogen) atoms. The van der Waals surface area contributed by atoms with E-state index in [-0.39, 0.29) is 11.4 Å². The van der Waals surface area contributed by atoms with Crippen molar-refractivity contribution < 1.29 is 9.53 Å². The predicted molar refractivity (Wildman–Crippen MR) is 65.7 cm³/mol. The van der Waals surface area contributed by atoms with Crippen LogP contribution in [0.1, 0.15) is 26.5 Å². The number of hydrogen-bond acceptors (Lipinski definition) is 4. The normalized spacial score (nSPS) is 11.2. The minimum Gasteiger partial charge on any atom is -0.468 e. The zero-order valence-corrected chi connectivity index (χ0v) is 10.9. The molecule has 0 aliphatic carbocycles. The number of methoxy groups -OCH3 is 1. The standard InChI is InChI=1S/C12H17NO2S/c1-12(2,3)10-7-9(5-6-13-10)16-8-11(14)15-4/h5-7H,8H2,1-4H3. The molecule has 1 rings (SSSR count). The van der Waals surface area contributed by atoms with Gasteiger partial charge in [0.25, 0.3) is 0 Å². The van der Waals surface area contributed by atoms with Crippen molar-refractivity contribution >= 4 is 17.7 Å². The average Bonchev–Trinajstić information content (AvgIpc) is 2.25. The van der Waals surface area contributed by atoms with Crippen LogP contribution < -0.4 is 0 Å². The summed E-state index contributed by atoms with van der Waals surface area (Å²) < 4.78 is 4.59. The molecule has 0 aliphatic rings. The number of carbonyl (C=O) groups excluding carboxylic acids is 1. The molecule has 0 atom stereocenters. The van der Waals surface area contributed by atoms with Crippen molar-refractivity contribution in [2.75, 3.05) is 12.9 Å². The van der Waals surface area contributed by atoms with Gasteiger partial charge in [-0.1, -0.05) is 20.8 Å². The molecule has 3 nitrogen and oxygen atoms in total. The molecular weight excluding hydrogens is 222 g/mol. The van der Waals surface area contributed by atoms with E-state index in [0.29, 0.717) is 5.75 Å². The summed E-state index contributed by atoms with van der Waals surface area (Å²) >= 11 is 1.47. The maximum absolute atomic E-state index is 11.0. The van der Waals surface area contributed by atoms with Crippen LogP contribution in [-0.2, 0) is 14.9 Å². The summed E-state index contributed by atoms with van der Waals surface area (Å²) in [6.45, 7) is 6.35. The summed E-state index contributed by atoms with van der Waals surface area (Å²) in [7, 11) is 1.40. The Morgan fingerprint density at radius 3 is 2.75 bits per heavy atom. The number of hydrogen-bond donors (Lipinski definition) is 0. The average molecular weight is 239 g/mol. The third-order valence-corrected chi connectivity index (χ3v) is 3.05. The number of esters is 1. The van der Waals surface area contributed by atoms with Gasteiger partial charge in [-0.3, -0.25) is 9.78 Å². The Labute approximate surface area is 101 Å². The van der Waals surface area contributed by atoms with Crippen LogP contribution in [-0.4, -0.2) is 23.8 Å². The van der Waals surface area contributed by atoms with Gasteiger partial charge in [0, 0.05) is 22.2 Å². The number of carbonyl (C=O) groups is 1. The van der Waals surface area contributed by atoms with Crippen LogP contribution in [0.4, 0.5) is 0 Å². The fourth-order valence-corrected chi connectivity index (χ4v) is 1.87. The molecule has 0 saturated carbocycles. The van der Waals surface area contributed by atoms with E-state index in [0.717, 1.165) is 10.6 Å². The van der Waals surface area contributed by atoms with Crippen LogP contribution in [0.25, 0.3) is 0 Å². The van der Waals surface area contributed by atoms with Gasteiger partial charge in [-0.2, -0.15) is 0 Å². The minimum atomic E-state index is -0.209. The highest BCUT2D eigenvalue weighted by atomic mass is 32.2. The van der Waals surface area contributed by atoms with Gasteiger partial charge >= 0.3 is 5.97 Å². The molecule has 0 fully saturated rings. The van der Waals surface area contributed by atoms with Crippen LogP contribution >= 0.6 is 11.8 Å². The summed E-state index contributed by atoms with van der Waals surface area (Å²) in [5, 5.41) is 0. The molecule has 0 radical (unpaired) electrons. The Balaban J connectivity index is 2.72. The number of ether oxygens (including phenoxy) is 1. The highest BCUT2D eigenvalue weighted by Gasteiger charge is 2.15. The monoisotopic (exact) mass is 239 g/mol. The van der Waals surface area contributed by atoms with Gasteiger partial charge in [0.1, 0.15) is 0 Å². The first-order valence-corrected chi connectivity index (χ1v) is 6.08. The van der Waals surface area contributed by atoms with Crippen molar-refractivity contribution in [2.45, 2.75) is 31.1 Å². The molecule has 0 saturated heterocycles. The summed E-state index contributed by atoms with van der Waals surface area (Å²) in [5.74, 6) is 0.128. The first kappa shape index (κ1) is 13.0. The fraction of sp³-hybridized carbons (Fsp3) is 0.500. The van der Waals surface area contributed by atoms with E-state index < -0.39 is 0 Å². The van der Waals surface area contributed by atoms with Gasteiger partial charge in [0.05, 0.1) is 12.9 Å². The Morgan fingerprint density at radius 2 is 2.19 bits per heavy atom. The summed E-state index contributed by atoms with van der Waals surface area (Å²) in [4.78, 5) is 16.4. The molecule has 0 aromatic carbocycles. The number of pyridine rings is 1. The minimum absolute atomic E-state index is 0.0296. The molecule has 0 bridgehead atoms. The molecule has 0 spiro atoms. The second-order valence-electron chi connectivity index (χ2n) is 4.49. The van der Waals surface area contributed by atoms with Gasteiger partial charge in [0.2, 0.25) is 0 Å². The molecule has 88 valence electrons. The van der Waals surface area contributed by atoms with E-state index in [9.17, 15) is 4.79 Å². The summed E-state index contributed by atoms with van der Waals surface area (Å²) in [6, 6.07) is 3.93. The Bertz CT molecular complexity index is 372. The van der Waals surface area contributed by atoms with E-state index in [2.05, 4.69) is 30.5 Å². The van der Waals surface area contributed by atoms with Gasteiger partial charge in [0.15, 0.2) is 0 Å². The molecule has 1 aromatic heterocycles. The number of aromatic nitrogens is 1. The van der Waals surface area contributed by atoms with Crippen LogP contribution in [0.5, 0.6) is 0 Å². The lowest BCUT2D eigenvalue weighted by atomic mass is 9.92. The highest BCUT2D eigenvalue weighted by Crippen LogP contribution is 2.25. The van der Waals surface area contributed by atoms with Gasteiger partial charge in [-0.25, -0.2) is 0 Å². The zero-order valence-electron chi connectivity index (χ0n) is 10.1. The first-order chi connectivity index (χ1) is 7.43. The molecular formula is C12H17NO2S. The maximum atomic E-state index is 11.0. The van der Waals surface area contributed by atoms with Crippen LogP contribution in [0, 0.1) is 0 Å². The van der Waals surface area contributed by atoms with E-state index in [1.807, 2.05) is 12.1 Å². The van der Waals surface area contributed by atoms with E-state index in [1.165, 1.54) is 18.9 Å². The molecule has 0 aliphatic heterocycles. The summed E-state index contributed by atoms with van der Waals surface area (Å²) in [6.07, 6.45) is 1.78. The van der Waals surface area contributed by atoms with Crippen molar-refractivity contribution in [3.05, 3.63) is 24.0 Å². The van der Waals surface area contributed by atoms with Gasteiger partial charge in [-0.15, -0.1) is 11.8 Å². The zero-order chi connectivity index (χ0) is 12.2. The highest BCUT2D eigenvalue weighted by molar-refractivity contribution is 8.00. The van der Waals surface area contributed by atoms with Crippen molar-refractivity contribution in [3.8, 4) is 0 Å². The van der Waals surface area contributed by atoms with Crippen molar-refractivity contribution in [3.63, 3.8) is 0 Å². The molecule has 4 heteroatoms. The fourth-order valence-electron chi connectivity index (χ4n) is 1.11. The molecule has 1 heterocycles. The topological polar surface area (TPSA) is 39.2 Å². The molecule has 0 N–H and O–H groups in total. The number of rotatable bonds is 3. The van der Waals surface area contributed by atoms with E-state index in [1.54, 1.807) is 6.20 Å². The number of thioether (sulfide) groups is 1. The smallest absolute Gasteiger partial charge is 0.315 e. The third kappa shape index (κ3) is 3.85. The van der Waals surface area contributed by atoms with E-state index in [4.69, 9.17) is 0 Å². The van der Waals surface area contributed by atoms with Crippen molar-refractivity contribution in [1.29, 1.82) is 0 Å². The second kappa shape index (κ2) is 5.34. The third-order valence-electron chi connectivity index (χ3n) is 2.08. The Hall–Kier alpha value is -1.03. The largest absolute Gasteiger partial charge is 0.468 e. The maximum Gasteiger partial charge on any atom is 0.315 e. The lowest BCUT2D eigenvalue weighted by Gasteiger charge is -2.17. The van der Waals surface area contributed by atoms with Crippen LogP contribution in [0.3, 0.4) is 0 Å². The molecule has 1 aromatic rings. The SMILES string of the molecule is COC(=O)CSc1ccnc(C(C)(C)C)c1.